The van der Waals surface area contributed by atoms with Gasteiger partial charge in [-0.15, -0.1) is 0 Å². The van der Waals surface area contributed by atoms with Gasteiger partial charge in [0.2, 0.25) is 0 Å². The molecule has 0 spiro atoms. The number of aliphatic carboxylic acids is 1. The molecule has 9 N–H and O–H groups in total. The molecule has 1 heterocycles. The van der Waals surface area contributed by atoms with E-state index in [1.807, 2.05) is 0 Å². The normalized spacial score (nSPS) is 25.6. The van der Waals surface area contributed by atoms with Crippen molar-refractivity contribution in [1.82, 2.24) is 0 Å². The summed E-state index contributed by atoms with van der Waals surface area (Å²) in [6.45, 7) is -0.703. The maximum Gasteiger partial charge on any atom is 0.303 e. The minimum Gasteiger partial charge on any atom is -0.508 e. The van der Waals surface area contributed by atoms with Crippen LogP contribution in [0.3, 0.4) is 0 Å². The van der Waals surface area contributed by atoms with Crippen molar-refractivity contribution in [3.8, 4) is 34.1 Å². The molecular weight excluding hydrogens is 428 g/mol. The van der Waals surface area contributed by atoms with Crippen LogP contribution in [0.15, 0.2) is 24.3 Å². The van der Waals surface area contributed by atoms with Crippen molar-refractivity contribution in [3.63, 3.8) is 0 Å². The van der Waals surface area contributed by atoms with Crippen molar-refractivity contribution in [1.29, 1.82) is 0 Å². The Morgan fingerprint density at radius 3 is 2.16 bits per heavy atom. The zero-order valence-corrected chi connectivity index (χ0v) is 16.7. The number of phenolic OH excluding ortho intramolecular Hbond substituents is 4. The summed E-state index contributed by atoms with van der Waals surface area (Å²) < 4.78 is 5.54. The van der Waals surface area contributed by atoms with E-state index in [-0.39, 0.29) is 35.1 Å². The van der Waals surface area contributed by atoms with E-state index in [1.54, 1.807) is 0 Å². The molecule has 0 bridgehead atoms. The second-order valence-electron chi connectivity index (χ2n) is 7.57. The number of hydrogen-bond acceptors (Lipinski definition) is 10. The predicted octanol–water partition coefficient (Wildman–Crippen LogP) is -0.292. The Hall–Kier alpha value is -3.09. The van der Waals surface area contributed by atoms with Gasteiger partial charge < -0.3 is 50.7 Å². The lowest BCUT2D eigenvalue weighted by Gasteiger charge is -2.41. The molecule has 0 saturated carbocycles. The van der Waals surface area contributed by atoms with Crippen LogP contribution in [0.5, 0.6) is 23.0 Å². The minimum atomic E-state index is -1.74. The highest BCUT2D eigenvalue weighted by atomic mass is 16.5. The van der Waals surface area contributed by atoms with Gasteiger partial charge in [-0.05, 0) is 41.3 Å². The number of benzene rings is 2. The van der Waals surface area contributed by atoms with Gasteiger partial charge in [0.25, 0.3) is 0 Å². The first kappa shape index (κ1) is 23.6. The van der Waals surface area contributed by atoms with Crippen molar-refractivity contribution in [3.05, 3.63) is 35.4 Å². The molecular formula is C21H24O11. The molecule has 2 aromatic carbocycles. The second kappa shape index (κ2) is 9.18. The van der Waals surface area contributed by atoms with Crippen molar-refractivity contribution in [2.45, 2.75) is 43.4 Å². The molecule has 1 aliphatic rings. The number of phenols is 4. The number of ether oxygens (including phenoxy) is 1. The number of hydrogen-bond donors (Lipinski definition) is 9. The van der Waals surface area contributed by atoms with E-state index in [0.717, 1.165) is 24.3 Å². The molecule has 1 unspecified atom stereocenters. The average Bonchev–Trinajstić information content (AvgIpc) is 2.72. The molecule has 1 aliphatic heterocycles. The quantitative estimate of drug-likeness (QED) is 0.260. The lowest BCUT2D eigenvalue weighted by Crippen LogP contribution is -2.55. The van der Waals surface area contributed by atoms with Crippen LogP contribution in [0.1, 0.15) is 23.7 Å². The zero-order chi connectivity index (χ0) is 23.7. The van der Waals surface area contributed by atoms with Crippen LogP contribution in [0, 0.1) is 0 Å². The van der Waals surface area contributed by atoms with E-state index in [2.05, 4.69) is 0 Å². The summed E-state index contributed by atoms with van der Waals surface area (Å²) in [6, 6.07) is 4.28. The predicted molar refractivity (Wildman–Crippen MR) is 107 cm³/mol. The number of carbonyl (C=O) groups is 1. The van der Waals surface area contributed by atoms with Gasteiger partial charge in [-0.1, -0.05) is 0 Å². The molecule has 11 heteroatoms. The molecule has 3 rings (SSSR count). The van der Waals surface area contributed by atoms with E-state index >= 15 is 0 Å². The fourth-order valence-electron chi connectivity index (χ4n) is 3.81. The first-order valence-corrected chi connectivity index (χ1v) is 9.68. The fourth-order valence-corrected chi connectivity index (χ4v) is 3.81. The maximum atomic E-state index is 11.1. The Balaban J connectivity index is 2.22. The summed E-state index contributed by atoms with van der Waals surface area (Å²) in [5, 5.41) is 89.8. The Bertz CT molecular complexity index is 1000. The van der Waals surface area contributed by atoms with E-state index in [9.17, 15) is 45.6 Å². The molecule has 0 amide bonds. The van der Waals surface area contributed by atoms with Crippen LogP contribution in [0.25, 0.3) is 11.1 Å². The van der Waals surface area contributed by atoms with Crippen LogP contribution in [-0.4, -0.2) is 83.0 Å². The Kier molecular flexibility index (Phi) is 6.77. The van der Waals surface area contributed by atoms with E-state index in [0.29, 0.717) is 0 Å². The third-order valence-electron chi connectivity index (χ3n) is 5.41. The summed E-state index contributed by atoms with van der Waals surface area (Å²) in [7, 11) is 0. The van der Waals surface area contributed by atoms with Crippen LogP contribution < -0.4 is 0 Å². The Labute approximate surface area is 181 Å². The first-order valence-electron chi connectivity index (χ1n) is 9.68. The number of carboxylic acid groups (broad SMARTS) is 1. The highest BCUT2D eigenvalue weighted by Gasteiger charge is 2.45. The van der Waals surface area contributed by atoms with E-state index in [4.69, 9.17) is 9.84 Å². The average molecular weight is 452 g/mol. The molecule has 1 fully saturated rings. The molecule has 0 aliphatic carbocycles. The van der Waals surface area contributed by atoms with Gasteiger partial charge in [0.05, 0.1) is 6.61 Å². The number of aryl methyl sites for hydroxylation is 1. The minimum absolute atomic E-state index is 0.0685. The highest BCUT2D eigenvalue weighted by molar-refractivity contribution is 5.80. The van der Waals surface area contributed by atoms with Crippen molar-refractivity contribution in [2.75, 3.05) is 6.61 Å². The molecule has 2 aromatic rings. The van der Waals surface area contributed by atoms with Gasteiger partial charge in [-0.25, -0.2) is 0 Å². The molecule has 32 heavy (non-hydrogen) atoms. The summed E-state index contributed by atoms with van der Waals surface area (Å²) in [5.41, 5.74) is 0.143. The standard InChI is InChI=1S/C21H24O11/c22-7-15-18(29)19(30)20(31)21(32-15)11-4-9(23)5-14(26)17(11)10-6-13(25)12(24)3-8(10)1-2-16(27)28/h3-6,15,18-26,29-31H,1-2,7H2,(H,27,28)/t15-,18-,19+,20-,21?/m1/s1. The summed E-state index contributed by atoms with van der Waals surface area (Å²) in [4.78, 5) is 11.1. The largest absolute Gasteiger partial charge is 0.508 e. The molecule has 0 aromatic heterocycles. The topological polar surface area (TPSA) is 208 Å². The summed E-state index contributed by atoms with van der Waals surface area (Å²) >= 11 is 0. The number of aromatic hydroxyl groups is 4. The van der Waals surface area contributed by atoms with Crippen LogP contribution >= 0.6 is 0 Å². The van der Waals surface area contributed by atoms with Gasteiger partial charge >= 0.3 is 5.97 Å². The van der Waals surface area contributed by atoms with Gasteiger partial charge in [-0.3, -0.25) is 4.79 Å². The van der Waals surface area contributed by atoms with Gasteiger partial charge in [-0.2, -0.15) is 0 Å². The third-order valence-corrected chi connectivity index (χ3v) is 5.41. The SMILES string of the molecule is O=C(O)CCc1cc(O)c(O)cc1-c1c(O)cc(O)cc1C1O[C@H](CO)[C@@H](O)[C@H](O)[C@H]1O. The molecule has 1 saturated heterocycles. The van der Waals surface area contributed by atoms with Gasteiger partial charge in [0.15, 0.2) is 11.5 Å². The molecule has 11 nitrogen and oxygen atoms in total. The number of aliphatic hydroxyl groups excluding tert-OH is 4. The number of rotatable bonds is 6. The van der Waals surface area contributed by atoms with E-state index < -0.39 is 66.1 Å². The zero-order valence-electron chi connectivity index (χ0n) is 16.7. The van der Waals surface area contributed by atoms with Crippen molar-refractivity contribution < 1.29 is 55.5 Å². The van der Waals surface area contributed by atoms with Crippen molar-refractivity contribution >= 4 is 5.97 Å². The second-order valence-corrected chi connectivity index (χ2v) is 7.57. The lowest BCUT2D eigenvalue weighted by atomic mass is 9.85. The molecule has 0 radical (unpaired) electrons. The summed E-state index contributed by atoms with van der Waals surface area (Å²) in [5.74, 6) is -3.20. The lowest BCUT2D eigenvalue weighted by molar-refractivity contribution is -0.231. The fraction of sp³-hybridized carbons (Fsp3) is 0.381. The third kappa shape index (κ3) is 4.42. The number of aliphatic hydroxyl groups is 4. The summed E-state index contributed by atoms with van der Waals surface area (Å²) in [6.07, 6.45) is -8.26. The smallest absolute Gasteiger partial charge is 0.303 e. The molecule has 5 atom stereocenters. The van der Waals surface area contributed by atoms with E-state index in [1.165, 1.54) is 0 Å². The Morgan fingerprint density at radius 1 is 0.875 bits per heavy atom. The van der Waals surface area contributed by atoms with Gasteiger partial charge in [0.1, 0.15) is 42.0 Å². The van der Waals surface area contributed by atoms with Gasteiger partial charge in [0, 0.05) is 18.1 Å². The van der Waals surface area contributed by atoms with Crippen LogP contribution in [0.2, 0.25) is 0 Å². The molecule has 174 valence electrons. The number of carboxylic acids is 1. The van der Waals surface area contributed by atoms with Crippen LogP contribution in [0.4, 0.5) is 0 Å². The monoisotopic (exact) mass is 452 g/mol. The maximum absolute atomic E-state index is 11.1. The van der Waals surface area contributed by atoms with Crippen molar-refractivity contribution in [2.24, 2.45) is 0 Å². The first-order chi connectivity index (χ1) is 15.0. The van der Waals surface area contributed by atoms with Crippen LogP contribution in [-0.2, 0) is 16.0 Å². The highest BCUT2D eigenvalue weighted by Crippen LogP contribution is 2.46. The Morgan fingerprint density at radius 2 is 1.53 bits per heavy atom.